The fraction of sp³-hybridized carbons (Fsp3) is 0.552. The molecule has 6 rings (SSSR count). The van der Waals surface area contributed by atoms with Gasteiger partial charge in [-0.05, 0) is 87.5 Å². The zero-order valence-electron chi connectivity index (χ0n) is 22.3. The molecule has 0 bridgehead atoms. The fourth-order valence-electron chi connectivity index (χ4n) is 7.38. The van der Waals surface area contributed by atoms with Crippen molar-refractivity contribution in [3.05, 3.63) is 64.2 Å². The maximum absolute atomic E-state index is 13.5. The molecule has 3 aliphatic rings. The van der Waals surface area contributed by atoms with Gasteiger partial charge in [-0.3, -0.25) is 9.48 Å². The lowest BCUT2D eigenvalue weighted by Gasteiger charge is -2.25. The molecule has 1 amide bonds. The van der Waals surface area contributed by atoms with Gasteiger partial charge >= 0.3 is 0 Å². The maximum Gasteiger partial charge on any atom is 0.274 e. The summed E-state index contributed by atoms with van der Waals surface area (Å²) in [6, 6.07) is 6.19. The van der Waals surface area contributed by atoms with E-state index in [1.54, 1.807) is 17.9 Å². The minimum Gasteiger partial charge on any atom is -0.393 e. The minimum absolute atomic E-state index is 0.0489. The van der Waals surface area contributed by atoms with Gasteiger partial charge in [-0.25, -0.2) is 9.37 Å². The second-order valence-electron chi connectivity index (χ2n) is 11.9. The molecular weight excluding hydrogens is 521 g/mol. The third-order valence-electron chi connectivity index (χ3n) is 9.28. The summed E-state index contributed by atoms with van der Waals surface area (Å²) in [4.78, 5) is 17.8. The number of aryl methyl sites for hydroxylation is 2. The zero-order chi connectivity index (χ0) is 27.5. The number of nitrogens with zero attached hydrogens (tertiary/aromatic N) is 4. The Morgan fingerprint density at radius 2 is 1.79 bits per heavy atom. The van der Waals surface area contributed by atoms with E-state index in [-0.39, 0.29) is 23.0 Å². The van der Waals surface area contributed by atoms with E-state index in [1.807, 2.05) is 11.7 Å². The SMILES string of the molecule is Cn1cnc(C2CC3CC(O)(c4cc(C5CCC(O)CC5)nn4C)CC3C2)c1C(=O)Nc1ccc(F)c(Cl)c1. The van der Waals surface area contributed by atoms with Crippen LogP contribution < -0.4 is 5.32 Å². The maximum atomic E-state index is 13.5. The Labute approximate surface area is 232 Å². The number of aliphatic hydroxyl groups is 2. The topological polar surface area (TPSA) is 105 Å². The summed E-state index contributed by atoms with van der Waals surface area (Å²) < 4.78 is 17.1. The van der Waals surface area contributed by atoms with Crippen LogP contribution in [0.15, 0.2) is 30.6 Å². The Hall–Kier alpha value is -2.75. The fourth-order valence-corrected chi connectivity index (χ4v) is 7.56. The van der Waals surface area contributed by atoms with E-state index in [1.165, 1.54) is 18.2 Å². The molecule has 2 unspecified atom stereocenters. The molecule has 1 aromatic carbocycles. The summed E-state index contributed by atoms with van der Waals surface area (Å²) >= 11 is 5.89. The Morgan fingerprint density at radius 3 is 2.46 bits per heavy atom. The normalized spacial score (nSPS) is 30.5. The highest BCUT2D eigenvalue weighted by molar-refractivity contribution is 6.31. The second-order valence-corrected chi connectivity index (χ2v) is 12.3. The van der Waals surface area contributed by atoms with Crippen LogP contribution in [0.5, 0.6) is 0 Å². The van der Waals surface area contributed by atoms with Crippen molar-refractivity contribution in [1.29, 1.82) is 0 Å². The third kappa shape index (κ3) is 4.89. The van der Waals surface area contributed by atoms with Gasteiger partial charge in [0.1, 0.15) is 17.1 Å². The summed E-state index contributed by atoms with van der Waals surface area (Å²) in [5, 5.41) is 29.2. The lowest BCUT2D eigenvalue weighted by Crippen LogP contribution is -2.26. The number of aliphatic hydroxyl groups excluding tert-OH is 1. The predicted molar refractivity (Wildman–Crippen MR) is 145 cm³/mol. The van der Waals surface area contributed by atoms with Gasteiger partial charge in [0.2, 0.25) is 0 Å². The van der Waals surface area contributed by atoms with Gasteiger partial charge in [0.25, 0.3) is 5.91 Å². The van der Waals surface area contributed by atoms with Crippen LogP contribution in [0.3, 0.4) is 0 Å². The smallest absolute Gasteiger partial charge is 0.274 e. The summed E-state index contributed by atoms with van der Waals surface area (Å²) in [6.07, 6.45) is 7.97. The Morgan fingerprint density at radius 1 is 1.10 bits per heavy atom. The van der Waals surface area contributed by atoms with E-state index < -0.39 is 11.4 Å². The number of carbonyl (C=O) groups is 1. The lowest BCUT2D eigenvalue weighted by atomic mass is 9.84. The lowest BCUT2D eigenvalue weighted by molar-refractivity contribution is 0.0263. The van der Waals surface area contributed by atoms with E-state index in [2.05, 4.69) is 16.4 Å². The van der Waals surface area contributed by atoms with E-state index in [4.69, 9.17) is 16.7 Å². The molecule has 3 N–H and O–H groups in total. The molecule has 3 fully saturated rings. The summed E-state index contributed by atoms with van der Waals surface area (Å²) in [5.74, 6) is 0.276. The van der Waals surface area contributed by atoms with Crippen LogP contribution in [0.25, 0.3) is 0 Å². The van der Waals surface area contributed by atoms with Gasteiger partial charge in [0.15, 0.2) is 0 Å². The van der Waals surface area contributed by atoms with Crippen molar-refractivity contribution in [1.82, 2.24) is 19.3 Å². The van der Waals surface area contributed by atoms with Gasteiger partial charge in [-0.1, -0.05) is 11.6 Å². The summed E-state index contributed by atoms with van der Waals surface area (Å²) in [6.45, 7) is 0. The van der Waals surface area contributed by atoms with Crippen molar-refractivity contribution in [3.8, 4) is 0 Å². The average Bonchev–Trinajstić information content (AvgIpc) is 3.63. The molecule has 39 heavy (non-hydrogen) atoms. The molecular formula is C29H35ClFN5O3. The number of benzene rings is 1. The number of hydrogen-bond donors (Lipinski definition) is 3. The number of rotatable bonds is 5. The molecule has 0 aliphatic heterocycles. The molecule has 0 radical (unpaired) electrons. The van der Waals surface area contributed by atoms with Gasteiger partial charge in [-0.15, -0.1) is 0 Å². The molecule has 2 heterocycles. The first kappa shape index (κ1) is 26.5. The molecule has 3 aromatic rings. The number of halogens is 2. The zero-order valence-corrected chi connectivity index (χ0v) is 23.0. The van der Waals surface area contributed by atoms with Crippen LogP contribution >= 0.6 is 11.6 Å². The largest absolute Gasteiger partial charge is 0.393 e. The van der Waals surface area contributed by atoms with E-state index in [9.17, 15) is 19.4 Å². The summed E-state index contributed by atoms with van der Waals surface area (Å²) in [5.41, 5.74) is 2.67. The van der Waals surface area contributed by atoms with Gasteiger partial charge < -0.3 is 20.1 Å². The molecule has 0 saturated heterocycles. The van der Waals surface area contributed by atoms with Crippen molar-refractivity contribution in [2.45, 2.75) is 74.9 Å². The molecule has 0 spiro atoms. The van der Waals surface area contributed by atoms with Gasteiger partial charge in [-0.2, -0.15) is 5.10 Å². The third-order valence-corrected chi connectivity index (χ3v) is 9.57. The van der Waals surface area contributed by atoms with E-state index >= 15 is 0 Å². The molecule has 2 atom stereocenters. The van der Waals surface area contributed by atoms with Gasteiger partial charge in [0.05, 0.1) is 34.5 Å². The first-order valence-corrected chi connectivity index (χ1v) is 14.2. The number of imidazole rings is 1. The number of amides is 1. The summed E-state index contributed by atoms with van der Waals surface area (Å²) in [7, 11) is 3.71. The number of nitrogens with one attached hydrogen (secondary N) is 1. The van der Waals surface area contributed by atoms with Crippen molar-refractivity contribution in [2.75, 3.05) is 5.32 Å². The van der Waals surface area contributed by atoms with Crippen LogP contribution in [0, 0.1) is 17.7 Å². The molecule has 3 aliphatic carbocycles. The average molecular weight is 556 g/mol. The predicted octanol–water partition coefficient (Wildman–Crippen LogP) is 5.01. The quantitative estimate of drug-likeness (QED) is 0.410. The molecule has 3 saturated carbocycles. The first-order chi connectivity index (χ1) is 18.6. The molecule has 10 heteroatoms. The van der Waals surface area contributed by atoms with Crippen molar-refractivity contribution in [3.63, 3.8) is 0 Å². The van der Waals surface area contributed by atoms with Crippen molar-refractivity contribution >= 4 is 23.2 Å². The Bertz CT molecular complexity index is 1380. The Balaban J connectivity index is 1.15. The highest BCUT2D eigenvalue weighted by Crippen LogP contribution is 2.57. The van der Waals surface area contributed by atoms with Crippen LogP contribution in [0.1, 0.15) is 90.8 Å². The minimum atomic E-state index is -0.916. The highest BCUT2D eigenvalue weighted by atomic mass is 35.5. The molecule has 8 nitrogen and oxygen atoms in total. The van der Waals surface area contributed by atoms with Crippen LogP contribution in [0.2, 0.25) is 5.02 Å². The first-order valence-electron chi connectivity index (χ1n) is 13.8. The number of aromatic nitrogens is 4. The highest BCUT2D eigenvalue weighted by Gasteiger charge is 2.51. The standard InChI is InChI=1S/C29H35ClFN5O3/c1-35-15-32-26(27(35)28(38)33-20-5-8-23(31)22(30)11-20)17-9-18-13-29(39,14-19(18)10-17)25-12-24(34-36(25)2)16-3-6-21(37)7-4-16/h5,8,11-12,15-19,21,37,39H,3-4,6-7,9-10,13-14H2,1-2H3,(H,33,38). The number of hydrogen-bond acceptors (Lipinski definition) is 5. The number of fused-ring (bicyclic) bond motifs is 1. The van der Waals surface area contributed by atoms with E-state index in [0.717, 1.165) is 55.6 Å². The Kier molecular flexibility index (Phi) is 6.80. The monoisotopic (exact) mass is 555 g/mol. The van der Waals surface area contributed by atoms with Crippen LogP contribution in [0.4, 0.5) is 10.1 Å². The van der Waals surface area contributed by atoms with Crippen molar-refractivity contribution < 1.29 is 19.4 Å². The van der Waals surface area contributed by atoms with Crippen LogP contribution in [-0.2, 0) is 19.7 Å². The van der Waals surface area contributed by atoms with Gasteiger partial charge in [0, 0.05) is 31.6 Å². The number of anilines is 1. The second kappa shape index (κ2) is 10.0. The van der Waals surface area contributed by atoms with Crippen LogP contribution in [-0.4, -0.2) is 41.6 Å². The van der Waals surface area contributed by atoms with Crippen molar-refractivity contribution in [2.24, 2.45) is 25.9 Å². The van der Waals surface area contributed by atoms with E-state index in [0.29, 0.717) is 42.0 Å². The number of carbonyl (C=O) groups excluding carboxylic acids is 1. The molecule has 2 aromatic heterocycles. The molecule has 208 valence electrons.